The number of ether oxygens (including phenoxy) is 2. The van der Waals surface area contributed by atoms with Crippen molar-refractivity contribution in [2.24, 2.45) is 0 Å². The molecule has 0 amide bonds. The standard InChI is InChI=1S/C9H16O4/c1-8(2,3)13-9(4-7(10)11)5-12-6-9/h4-6H2,1-3H3,(H,10,11). The molecule has 0 aliphatic carbocycles. The van der Waals surface area contributed by atoms with Crippen LogP contribution in [0.5, 0.6) is 0 Å². The maximum Gasteiger partial charge on any atom is 0.306 e. The van der Waals surface area contributed by atoms with Crippen LogP contribution in [0.25, 0.3) is 0 Å². The minimum atomic E-state index is -0.840. The monoisotopic (exact) mass is 188 g/mol. The first-order chi connectivity index (χ1) is 5.83. The molecule has 0 aromatic rings. The molecule has 1 rings (SSSR count). The van der Waals surface area contributed by atoms with E-state index in [1.54, 1.807) is 0 Å². The summed E-state index contributed by atoms with van der Waals surface area (Å²) < 4.78 is 10.7. The molecule has 1 aliphatic rings. The van der Waals surface area contributed by atoms with E-state index in [1.807, 2.05) is 20.8 Å². The Balaban J connectivity index is 2.55. The van der Waals surface area contributed by atoms with Gasteiger partial charge in [-0.05, 0) is 20.8 Å². The van der Waals surface area contributed by atoms with Gasteiger partial charge in [-0.2, -0.15) is 0 Å². The van der Waals surface area contributed by atoms with Crippen LogP contribution < -0.4 is 0 Å². The van der Waals surface area contributed by atoms with Crippen LogP contribution in [-0.2, 0) is 14.3 Å². The molecule has 1 aliphatic heterocycles. The van der Waals surface area contributed by atoms with Crippen LogP contribution in [0.2, 0.25) is 0 Å². The van der Waals surface area contributed by atoms with E-state index in [1.165, 1.54) is 0 Å². The Kier molecular flexibility index (Phi) is 2.63. The molecule has 0 atom stereocenters. The van der Waals surface area contributed by atoms with Crippen LogP contribution >= 0.6 is 0 Å². The summed E-state index contributed by atoms with van der Waals surface area (Å²) >= 11 is 0. The van der Waals surface area contributed by atoms with E-state index in [9.17, 15) is 4.79 Å². The second kappa shape index (κ2) is 3.27. The molecule has 0 bridgehead atoms. The van der Waals surface area contributed by atoms with Crippen molar-refractivity contribution in [2.45, 2.75) is 38.4 Å². The summed E-state index contributed by atoms with van der Waals surface area (Å²) in [6, 6.07) is 0. The van der Waals surface area contributed by atoms with Gasteiger partial charge in [0, 0.05) is 0 Å². The molecular weight excluding hydrogens is 172 g/mol. The molecule has 0 saturated carbocycles. The van der Waals surface area contributed by atoms with Crippen molar-refractivity contribution in [2.75, 3.05) is 13.2 Å². The molecule has 76 valence electrons. The third-order valence-electron chi connectivity index (χ3n) is 1.73. The van der Waals surface area contributed by atoms with Gasteiger partial charge in [0.05, 0.1) is 25.2 Å². The third-order valence-corrected chi connectivity index (χ3v) is 1.73. The van der Waals surface area contributed by atoms with Gasteiger partial charge < -0.3 is 14.6 Å². The first-order valence-corrected chi connectivity index (χ1v) is 4.33. The lowest BCUT2D eigenvalue weighted by Gasteiger charge is -2.44. The van der Waals surface area contributed by atoms with Gasteiger partial charge in [0.25, 0.3) is 0 Å². The van der Waals surface area contributed by atoms with E-state index in [0.717, 1.165) is 0 Å². The van der Waals surface area contributed by atoms with Gasteiger partial charge >= 0.3 is 5.97 Å². The van der Waals surface area contributed by atoms with Gasteiger partial charge in [0.1, 0.15) is 5.60 Å². The summed E-state index contributed by atoms with van der Waals surface area (Å²) in [5, 5.41) is 8.68. The highest BCUT2D eigenvalue weighted by atomic mass is 16.6. The molecule has 0 aromatic heterocycles. The first kappa shape index (κ1) is 10.5. The zero-order valence-corrected chi connectivity index (χ0v) is 8.29. The molecule has 1 saturated heterocycles. The third kappa shape index (κ3) is 2.97. The molecule has 13 heavy (non-hydrogen) atoms. The van der Waals surface area contributed by atoms with Crippen molar-refractivity contribution in [3.63, 3.8) is 0 Å². The SMILES string of the molecule is CC(C)(C)OC1(CC(=O)O)COC1. The van der Waals surface area contributed by atoms with Crippen molar-refractivity contribution in [3.05, 3.63) is 0 Å². The van der Waals surface area contributed by atoms with E-state index < -0.39 is 11.6 Å². The highest BCUT2D eigenvalue weighted by molar-refractivity contribution is 5.68. The summed E-state index contributed by atoms with van der Waals surface area (Å²) in [4.78, 5) is 10.6. The molecule has 1 N–H and O–H groups in total. The average molecular weight is 188 g/mol. The van der Waals surface area contributed by atoms with Crippen molar-refractivity contribution >= 4 is 5.97 Å². The number of carboxylic acids is 1. The minimum absolute atomic E-state index is 0.0181. The maximum absolute atomic E-state index is 10.6. The fourth-order valence-electron chi connectivity index (χ4n) is 1.45. The Morgan fingerprint density at radius 2 is 2.08 bits per heavy atom. The van der Waals surface area contributed by atoms with Gasteiger partial charge in [-0.1, -0.05) is 0 Å². The van der Waals surface area contributed by atoms with Crippen LogP contribution in [-0.4, -0.2) is 35.5 Å². The average Bonchev–Trinajstić information content (AvgIpc) is 1.78. The first-order valence-electron chi connectivity index (χ1n) is 4.33. The normalized spacial score (nSPS) is 20.8. The number of hydrogen-bond acceptors (Lipinski definition) is 3. The number of aliphatic carboxylic acids is 1. The summed E-state index contributed by atoms with van der Waals surface area (Å²) in [7, 11) is 0. The molecule has 4 heteroatoms. The number of carbonyl (C=O) groups is 1. The van der Waals surface area contributed by atoms with E-state index in [-0.39, 0.29) is 12.0 Å². The second-order valence-corrected chi connectivity index (χ2v) is 4.46. The van der Waals surface area contributed by atoms with E-state index in [0.29, 0.717) is 13.2 Å². The van der Waals surface area contributed by atoms with Crippen molar-refractivity contribution in [1.82, 2.24) is 0 Å². The van der Waals surface area contributed by atoms with E-state index >= 15 is 0 Å². The molecule has 0 unspecified atom stereocenters. The molecule has 1 heterocycles. The van der Waals surface area contributed by atoms with Crippen LogP contribution in [0.15, 0.2) is 0 Å². The fraction of sp³-hybridized carbons (Fsp3) is 0.889. The van der Waals surface area contributed by atoms with Gasteiger partial charge in [0.2, 0.25) is 0 Å². The second-order valence-electron chi connectivity index (χ2n) is 4.46. The summed E-state index contributed by atoms with van der Waals surface area (Å²) in [6.07, 6.45) is 0.0181. The molecule has 0 aromatic carbocycles. The zero-order valence-electron chi connectivity index (χ0n) is 8.29. The molecule has 1 fully saturated rings. The largest absolute Gasteiger partial charge is 0.481 e. The summed E-state index contributed by atoms with van der Waals surface area (Å²) in [5.74, 6) is -0.840. The number of carboxylic acid groups (broad SMARTS) is 1. The predicted molar refractivity (Wildman–Crippen MR) is 46.6 cm³/mol. The summed E-state index contributed by atoms with van der Waals surface area (Å²) in [5.41, 5.74) is -0.913. The van der Waals surface area contributed by atoms with Crippen molar-refractivity contribution in [3.8, 4) is 0 Å². The summed E-state index contributed by atoms with van der Waals surface area (Å²) in [6.45, 7) is 6.51. The van der Waals surface area contributed by atoms with Gasteiger partial charge in [-0.25, -0.2) is 0 Å². The minimum Gasteiger partial charge on any atom is -0.481 e. The van der Waals surface area contributed by atoms with Crippen molar-refractivity contribution < 1.29 is 19.4 Å². The smallest absolute Gasteiger partial charge is 0.306 e. The van der Waals surface area contributed by atoms with Crippen LogP contribution in [0.4, 0.5) is 0 Å². The van der Waals surface area contributed by atoms with E-state index in [2.05, 4.69) is 0 Å². The number of rotatable bonds is 3. The van der Waals surface area contributed by atoms with Gasteiger partial charge in [0.15, 0.2) is 0 Å². The van der Waals surface area contributed by atoms with E-state index in [4.69, 9.17) is 14.6 Å². The van der Waals surface area contributed by atoms with Crippen LogP contribution in [0, 0.1) is 0 Å². The molecule has 0 spiro atoms. The Hall–Kier alpha value is -0.610. The Labute approximate surface area is 77.8 Å². The van der Waals surface area contributed by atoms with Gasteiger partial charge in [-0.15, -0.1) is 0 Å². The Morgan fingerprint density at radius 1 is 1.54 bits per heavy atom. The van der Waals surface area contributed by atoms with Crippen LogP contribution in [0.1, 0.15) is 27.2 Å². The maximum atomic E-state index is 10.6. The zero-order chi connectivity index (χ0) is 10.1. The lowest BCUT2D eigenvalue weighted by Crippen LogP contribution is -2.56. The topological polar surface area (TPSA) is 55.8 Å². The van der Waals surface area contributed by atoms with Crippen LogP contribution in [0.3, 0.4) is 0 Å². The molecular formula is C9H16O4. The predicted octanol–water partition coefficient (Wildman–Crippen LogP) is 1.05. The Morgan fingerprint density at radius 3 is 2.31 bits per heavy atom. The molecule has 0 radical (unpaired) electrons. The quantitative estimate of drug-likeness (QED) is 0.719. The Bertz CT molecular complexity index is 200. The van der Waals surface area contributed by atoms with Gasteiger partial charge in [-0.3, -0.25) is 4.79 Å². The highest BCUT2D eigenvalue weighted by Gasteiger charge is 2.44. The lowest BCUT2D eigenvalue weighted by atomic mass is 9.96. The lowest BCUT2D eigenvalue weighted by molar-refractivity contribution is -0.252. The fourth-order valence-corrected chi connectivity index (χ4v) is 1.45. The highest BCUT2D eigenvalue weighted by Crippen LogP contribution is 2.30. The van der Waals surface area contributed by atoms with Crippen molar-refractivity contribution in [1.29, 1.82) is 0 Å². The molecule has 4 nitrogen and oxygen atoms in total. The number of hydrogen-bond donors (Lipinski definition) is 1.